The lowest BCUT2D eigenvalue weighted by Crippen LogP contribution is -2.27. The van der Waals surface area contributed by atoms with Crippen molar-refractivity contribution < 1.29 is 17.6 Å². The standard InChI is InChI=1S/C8H8F4N2/c1-3(14-13)4-2-5(9)7(11)8(12)6(4)10/h2-3,14H,13H2,1H3/t3-/m1/s1. The lowest BCUT2D eigenvalue weighted by Gasteiger charge is -2.12. The van der Waals surface area contributed by atoms with Gasteiger partial charge in [0.2, 0.25) is 0 Å². The summed E-state index contributed by atoms with van der Waals surface area (Å²) >= 11 is 0. The second-order valence-corrected chi connectivity index (χ2v) is 2.78. The minimum Gasteiger partial charge on any atom is -0.271 e. The van der Waals surface area contributed by atoms with Crippen LogP contribution in [0.15, 0.2) is 6.07 Å². The Morgan fingerprint density at radius 3 is 2.21 bits per heavy atom. The fourth-order valence-electron chi connectivity index (χ4n) is 0.996. The third-order valence-electron chi connectivity index (χ3n) is 1.85. The normalized spacial score (nSPS) is 13.0. The Kier molecular flexibility index (Phi) is 3.07. The van der Waals surface area contributed by atoms with E-state index < -0.39 is 29.3 Å². The molecule has 0 heterocycles. The number of nitrogens with one attached hydrogen (secondary N) is 1. The molecule has 1 aromatic rings. The smallest absolute Gasteiger partial charge is 0.197 e. The highest BCUT2D eigenvalue weighted by atomic mass is 19.2. The highest BCUT2D eigenvalue weighted by Crippen LogP contribution is 2.22. The lowest BCUT2D eigenvalue weighted by atomic mass is 10.1. The molecule has 0 aromatic heterocycles. The predicted molar refractivity (Wildman–Crippen MR) is 42.0 cm³/mol. The van der Waals surface area contributed by atoms with Crippen LogP contribution >= 0.6 is 0 Å². The van der Waals surface area contributed by atoms with Gasteiger partial charge in [0.1, 0.15) is 0 Å². The summed E-state index contributed by atoms with van der Waals surface area (Å²) in [5, 5.41) is 0. The Hall–Kier alpha value is -1.14. The van der Waals surface area contributed by atoms with E-state index >= 15 is 0 Å². The Labute approximate surface area is 77.7 Å². The molecule has 2 nitrogen and oxygen atoms in total. The quantitative estimate of drug-likeness (QED) is 0.255. The average molecular weight is 208 g/mol. The molecule has 1 atom stereocenters. The summed E-state index contributed by atoms with van der Waals surface area (Å²) in [6, 6.07) is -0.238. The zero-order valence-electron chi connectivity index (χ0n) is 7.24. The van der Waals surface area contributed by atoms with Crippen LogP contribution in [0, 0.1) is 23.3 Å². The molecule has 0 aliphatic rings. The Morgan fingerprint density at radius 2 is 1.71 bits per heavy atom. The molecule has 1 aromatic carbocycles. The zero-order valence-corrected chi connectivity index (χ0v) is 7.24. The Balaban J connectivity index is 3.33. The SMILES string of the molecule is C[C@@H](NN)c1cc(F)c(F)c(F)c1F. The number of rotatable bonds is 2. The van der Waals surface area contributed by atoms with Crippen molar-refractivity contribution in [3.05, 3.63) is 34.9 Å². The van der Waals surface area contributed by atoms with Crippen LogP contribution in [0.2, 0.25) is 0 Å². The van der Waals surface area contributed by atoms with Crippen LogP contribution in [0.3, 0.4) is 0 Å². The van der Waals surface area contributed by atoms with Crippen LogP contribution in [0.4, 0.5) is 17.6 Å². The zero-order chi connectivity index (χ0) is 10.9. The van der Waals surface area contributed by atoms with E-state index in [1.807, 2.05) is 0 Å². The van der Waals surface area contributed by atoms with Crippen LogP contribution in [-0.4, -0.2) is 0 Å². The molecule has 0 aliphatic heterocycles. The van der Waals surface area contributed by atoms with Crippen molar-refractivity contribution in [3.63, 3.8) is 0 Å². The maximum absolute atomic E-state index is 13.0. The molecule has 0 bridgehead atoms. The Morgan fingerprint density at radius 1 is 1.14 bits per heavy atom. The predicted octanol–water partition coefficient (Wildman–Crippen LogP) is 1.77. The summed E-state index contributed by atoms with van der Waals surface area (Å²) < 4.78 is 50.9. The summed E-state index contributed by atoms with van der Waals surface area (Å²) in [5.74, 6) is -1.58. The summed E-state index contributed by atoms with van der Waals surface area (Å²) in [6.07, 6.45) is 0. The van der Waals surface area contributed by atoms with E-state index in [4.69, 9.17) is 5.84 Å². The molecule has 0 fully saturated rings. The van der Waals surface area contributed by atoms with Gasteiger partial charge in [0.15, 0.2) is 23.3 Å². The summed E-state index contributed by atoms with van der Waals surface area (Å²) in [7, 11) is 0. The number of hydrogen-bond acceptors (Lipinski definition) is 2. The fraction of sp³-hybridized carbons (Fsp3) is 0.250. The maximum Gasteiger partial charge on any atom is 0.197 e. The van der Waals surface area contributed by atoms with Gasteiger partial charge in [-0.15, -0.1) is 0 Å². The second-order valence-electron chi connectivity index (χ2n) is 2.78. The summed E-state index contributed by atoms with van der Waals surface area (Å²) in [5.41, 5.74) is 1.74. The van der Waals surface area contributed by atoms with E-state index in [-0.39, 0.29) is 5.56 Å². The van der Waals surface area contributed by atoms with Crippen LogP contribution in [0.1, 0.15) is 18.5 Å². The summed E-state index contributed by atoms with van der Waals surface area (Å²) in [4.78, 5) is 0. The minimum atomic E-state index is -1.83. The molecular weight excluding hydrogens is 200 g/mol. The number of nitrogens with two attached hydrogens (primary N) is 1. The summed E-state index contributed by atoms with van der Waals surface area (Å²) in [6.45, 7) is 1.38. The van der Waals surface area contributed by atoms with Gasteiger partial charge in [-0.1, -0.05) is 0 Å². The highest BCUT2D eigenvalue weighted by molar-refractivity contribution is 5.24. The molecule has 0 amide bonds. The van der Waals surface area contributed by atoms with Gasteiger partial charge >= 0.3 is 0 Å². The third kappa shape index (κ3) is 1.71. The fourth-order valence-corrected chi connectivity index (χ4v) is 0.996. The third-order valence-corrected chi connectivity index (χ3v) is 1.85. The van der Waals surface area contributed by atoms with Gasteiger partial charge in [-0.2, -0.15) is 0 Å². The van der Waals surface area contributed by atoms with Crippen molar-refractivity contribution in [2.24, 2.45) is 5.84 Å². The second kappa shape index (κ2) is 3.93. The minimum absolute atomic E-state index is 0.358. The van der Waals surface area contributed by atoms with Gasteiger partial charge < -0.3 is 0 Å². The number of halogens is 4. The topological polar surface area (TPSA) is 38.0 Å². The van der Waals surface area contributed by atoms with Crippen LogP contribution in [0.25, 0.3) is 0 Å². The first-order valence-corrected chi connectivity index (χ1v) is 3.78. The van der Waals surface area contributed by atoms with Gasteiger partial charge in [0.05, 0.1) is 0 Å². The van der Waals surface area contributed by atoms with Gasteiger partial charge in [-0.3, -0.25) is 11.3 Å². The van der Waals surface area contributed by atoms with Crippen molar-refractivity contribution in [1.29, 1.82) is 0 Å². The van der Waals surface area contributed by atoms with Gasteiger partial charge in [-0.25, -0.2) is 17.6 Å². The molecular formula is C8H8F4N2. The van der Waals surface area contributed by atoms with E-state index in [1.54, 1.807) is 0 Å². The molecule has 0 spiro atoms. The molecule has 6 heteroatoms. The first-order valence-electron chi connectivity index (χ1n) is 3.78. The molecule has 3 N–H and O–H groups in total. The van der Waals surface area contributed by atoms with E-state index in [0.717, 1.165) is 0 Å². The van der Waals surface area contributed by atoms with E-state index in [1.165, 1.54) is 6.92 Å². The molecule has 0 aliphatic carbocycles. The van der Waals surface area contributed by atoms with Gasteiger partial charge in [0.25, 0.3) is 0 Å². The van der Waals surface area contributed by atoms with Crippen LogP contribution in [0.5, 0.6) is 0 Å². The molecule has 0 radical (unpaired) electrons. The molecule has 0 saturated carbocycles. The molecule has 14 heavy (non-hydrogen) atoms. The molecule has 0 saturated heterocycles. The van der Waals surface area contributed by atoms with Gasteiger partial charge in [0, 0.05) is 11.6 Å². The van der Waals surface area contributed by atoms with Crippen molar-refractivity contribution in [2.75, 3.05) is 0 Å². The maximum atomic E-state index is 13.0. The number of hydrogen-bond donors (Lipinski definition) is 2. The number of hydrazine groups is 1. The van der Waals surface area contributed by atoms with E-state index in [0.29, 0.717) is 6.07 Å². The molecule has 78 valence electrons. The lowest BCUT2D eigenvalue weighted by molar-refractivity contribution is 0.396. The van der Waals surface area contributed by atoms with E-state index in [2.05, 4.69) is 5.43 Å². The number of benzene rings is 1. The van der Waals surface area contributed by atoms with Crippen molar-refractivity contribution in [3.8, 4) is 0 Å². The van der Waals surface area contributed by atoms with Crippen LogP contribution in [-0.2, 0) is 0 Å². The largest absolute Gasteiger partial charge is 0.271 e. The molecule has 1 rings (SSSR count). The Bertz CT molecular complexity index is 354. The van der Waals surface area contributed by atoms with Crippen LogP contribution < -0.4 is 11.3 Å². The highest BCUT2D eigenvalue weighted by Gasteiger charge is 2.21. The van der Waals surface area contributed by atoms with Crippen molar-refractivity contribution in [1.82, 2.24) is 5.43 Å². The molecule has 0 unspecified atom stereocenters. The van der Waals surface area contributed by atoms with E-state index in [9.17, 15) is 17.6 Å². The first-order chi connectivity index (χ1) is 6.49. The monoisotopic (exact) mass is 208 g/mol. The van der Waals surface area contributed by atoms with Crippen molar-refractivity contribution in [2.45, 2.75) is 13.0 Å². The average Bonchev–Trinajstić information content (AvgIpc) is 2.19. The van der Waals surface area contributed by atoms with Gasteiger partial charge in [-0.05, 0) is 13.0 Å². The van der Waals surface area contributed by atoms with Crippen molar-refractivity contribution >= 4 is 0 Å². The first kappa shape index (κ1) is 10.9.